The molecule has 0 saturated heterocycles. The van der Waals surface area contributed by atoms with Gasteiger partial charge in [-0.1, -0.05) is 109 Å². The first-order valence-corrected chi connectivity index (χ1v) is 17.7. The summed E-state index contributed by atoms with van der Waals surface area (Å²) in [7, 11) is 0. The van der Waals surface area contributed by atoms with Crippen LogP contribution in [0.4, 0.5) is 0 Å². The van der Waals surface area contributed by atoms with Crippen LogP contribution in [0.5, 0.6) is 0 Å². The summed E-state index contributed by atoms with van der Waals surface area (Å²) in [6.07, 6.45) is 3.62. The number of hydrogen-bond donors (Lipinski definition) is 0. The molecule has 0 radical (unpaired) electrons. The van der Waals surface area contributed by atoms with Gasteiger partial charge in [-0.15, -0.1) is 11.3 Å². The zero-order valence-corrected chi connectivity index (χ0v) is 27.7. The van der Waals surface area contributed by atoms with E-state index in [1.165, 1.54) is 63.5 Å². The van der Waals surface area contributed by atoms with E-state index in [4.69, 9.17) is 9.97 Å². The van der Waals surface area contributed by atoms with Crippen molar-refractivity contribution in [2.24, 2.45) is 0 Å². The van der Waals surface area contributed by atoms with Crippen molar-refractivity contribution in [1.82, 2.24) is 14.5 Å². The molecule has 4 heteroatoms. The van der Waals surface area contributed by atoms with Gasteiger partial charge in [0.25, 0.3) is 0 Å². The Labute approximate surface area is 291 Å². The van der Waals surface area contributed by atoms with Gasteiger partial charge in [-0.3, -0.25) is 9.97 Å². The number of hydrogen-bond acceptors (Lipinski definition) is 3. The van der Waals surface area contributed by atoms with Crippen LogP contribution in [0, 0.1) is 0 Å². The molecule has 0 amide bonds. The lowest BCUT2D eigenvalue weighted by atomic mass is 9.93. The lowest BCUT2D eigenvalue weighted by Crippen LogP contribution is -1.97. The highest BCUT2D eigenvalue weighted by atomic mass is 32.1. The second kappa shape index (κ2) is 10.6. The minimum atomic E-state index is 0.900. The SMILES string of the molecule is c1ccc2cc3c(cc2c1)c1ccccc1n3-c1cc(-c2ccc(-c3ccc4c(c3)sc3ccccc34)c3nccnc23)c2ccccc2c1. The summed E-state index contributed by atoms with van der Waals surface area (Å²) in [5, 5.41) is 9.96. The van der Waals surface area contributed by atoms with Crippen LogP contribution < -0.4 is 0 Å². The largest absolute Gasteiger partial charge is 0.309 e. The van der Waals surface area contributed by atoms with Gasteiger partial charge in [-0.05, 0) is 75.1 Å². The van der Waals surface area contributed by atoms with Crippen LogP contribution in [-0.4, -0.2) is 14.5 Å². The van der Waals surface area contributed by atoms with Crippen LogP contribution in [0.2, 0.25) is 0 Å². The van der Waals surface area contributed by atoms with E-state index in [1.54, 1.807) is 0 Å². The predicted molar refractivity (Wildman–Crippen MR) is 213 cm³/mol. The Kier molecular flexibility index (Phi) is 5.83. The number of thiophene rings is 1. The molecule has 0 bridgehead atoms. The highest BCUT2D eigenvalue weighted by Gasteiger charge is 2.19. The van der Waals surface area contributed by atoms with Gasteiger partial charge < -0.3 is 4.57 Å². The molecule has 0 aliphatic rings. The zero-order valence-electron chi connectivity index (χ0n) is 26.8. The minimum Gasteiger partial charge on any atom is -0.309 e. The first-order valence-electron chi connectivity index (χ1n) is 16.9. The molecule has 11 rings (SSSR count). The first kappa shape index (κ1) is 27.6. The highest BCUT2D eigenvalue weighted by molar-refractivity contribution is 7.25. The molecule has 3 heterocycles. The molecule has 0 saturated carbocycles. The van der Waals surface area contributed by atoms with Crippen LogP contribution in [0.3, 0.4) is 0 Å². The van der Waals surface area contributed by atoms with E-state index in [1.807, 2.05) is 23.7 Å². The molecule has 8 aromatic carbocycles. The number of rotatable bonds is 3. The van der Waals surface area contributed by atoms with E-state index in [0.29, 0.717) is 0 Å². The van der Waals surface area contributed by atoms with Crippen LogP contribution in [0.1, 0.15) is 0 Å². The normalized spacial score (nSPS) is 12.0. The average molecular weight is 654 g/mol. The van der Waals surface area contributed by atoms with Crippen molar-refractivity contribution < 1.29 is 0 Å². The minimum absolute atomic E-state index is 0.900. The second-order valence-electron chi connectivity index (χ2n) is 13.0. The third-order valence-corrected chi connectivity index (χ3v) is 11.4. The van der Waals surface area contributed by atoms with Gasteiger partial charge in [0.2, 0.25) is 0 Å². The van der Waals surface area contributed by atoms with Gasteiger partial charge >= 0.3 is 0 Å². The maximum Gasteiger partial charge on any atom is 0.0971 e. The molecule has 0 aliphatic heterocycles. The third-order valence-electron chi connectivity index (χ3n) is 10.2. The van der Waals surface area contributed by atoms with E-state index < -0.39 is 0 Å². The average Bonchev–Trinajstić information content (AvgIpc) is 3.71. The molecule has 50 heavy (non-hydrogen) atoms. The van der Waals surface area contributed by atoms with E-state index in [2.05, 4.69) is 156 Å². The Morgan fingerprint density at radius 2 is 1.06 bits per heavy atom. The lowest BCUT2D eigenvalue weighted by Gasteiger charge is -2.16. The molecular weight excluding hydrogens is 627 g/mol. The molecule has 232 valence electrons. The van der Waals surface area contributed by atoms with Crippen molar-refractivity contribution in [3.05, 3.63) is 164 Å². The summed E-state index contributed by atoms with van der Waals surface area (Å²) >= 11 is 1.84. The van der Waals surface area contributed by atoms with E-state index >= 15 is 0 Å². The fourth-order valence-corrected chi connectivity index (χ4v) is 9.13. The van der Waals surface area contributed by atoms with Gasteiger partial charge in [-0.25, -0.2) is 0 Å². The van der Waals surface area contributed by atoms with Crippen molar-refractivity contribution in [2.75, 3.05) is 0 Å². The topological polar surface area (TPSA) is 30.7 Å². The Balaban J connectivity index is 1.16. The van der Waals surface area contributed by atoms with Crippen molar-refractivity contribution >= 4 is 85.9 Å². The molecule has 0 atom stereocenters. The summed E-state index contributed by atoms with van der Waals surface area (Å²) in [6, 6.07) is 55.3. The summed E-state index contributed by atoms with van der Waals surface area (Å²) in [6.45, 7) is 0. The van der Waals surface area contributed by atoms with Gasteiger partial charge in [0.15, 0.2) is 0 Å². The highest BCUT2D eigenvalue weighted by Crippen LogP contribution is 2.42. The summed E-state index contributed by atoms with van der Waals surface area (Å²) < 4.78 is 5.01. The fraction of sp³-hybridized carbons (Fsp3) is 0. The van der Waals surface area contributed by atoms with Crippen LogP contribution in [-0.2, 0) is 0 Å². The maximum atomic E-state index is 5.01. The Hall–Kier alpha value is -6.36. The van der Waals surface area contributed by atoms with E-state index in [0.717, 1.165) is 39.0 Å². The quantitative estimate of drug-likeness (QED) is 0.190. The summed E-state index contributed by atoms with van der Waals surface area (Å²) in [5.74, 6) is 0. The van der Waals surface area contributed by atoms with Gasteiger partial charge in [-0.2, -0.15) is 0 Å². The smallest absolute Gasteiger partial charge is 0.0971 e. The van der Waals surface area contributed by atoms with Gasteiger partial charge in [0.1, 0.15) is 0 Å². The molecule has 0 aliphatic carbocycles. The molecule has 0 N–H and O–H groups in total. The number of benzene rings is 8. The lowest BCUT2D eigenvalue weighted by molar-refractivity contribution is 1.19. The van der Waals surface area contributed by atoms with Crippen molar-refractivity contribution in [2.45, 2.75) is 0 Å². The van der Waals surface area contributed by atoms with Crippen molar-refractivity contribution in [3.63, 3.8) is 0 Å². The maximum absolute atomic E-state index is 5.01. The van der Waals surface area contributed by atoms with Crippen molar-refractivity contribution in [1.29, 1.82) is 0 Å². The number of fused-ring (bicyclic) bond motifs is 9. The molecule has 3 nitrogen and oxygen atoms in total. The van der Waals surface area contributed by atoms with E-state index in [-0.39, 0.29) is 0 Å². The van der Waals surface area contributed by atoms with Crippen LogP contribution in [0.15, 0.2) is 164 Å². The molecule has 0 spiro atoms. The Bertz CT molecular complexity index is 3170. The third kappa shape index (κ3) is 4.03. The standard InChI is InChI=1S/C46H27N3S/c1-2-10-29-25-42-40(24-28(29)9-1)35-13-5-7-15-41(35)49(42)32-23-30-11-3-4-12-33(30)39(27-32)38-20-19-34(45-46(38)48-22-21-47-45)31-17-18-37-36-14-6-8-16-43(36)50-44(37)26-31/h1-27H. The Morgan fingerprint density at radius 3 is 1.92 bits per heavy atom. The fourth-order valence-electron chi connectivity index (χ4n) is 7.98. The molecule has 3 aromatic heterocycles. The molecule has 0 unspecified atom stereocenters. The van der Waals surface area contributed by atoms with Crippen LogP contribution in [0.25, 0.3) is 102 Å². The molecule has 11 aromatic rings. The number of aromatic nitrogens is 3. The first-order chi connectivity index (χ1) is 24.8. The molecular formula is C46H27N3S. The number of nitrogens with zero attached hydrogens (tertiary/aromatic N) is 3. The van der Waals surface area contributed by atoms with Gasteiger partial charge in [0.05, 0.1) is 22.1 Å². The van der Waals surface area contributed by atoms with Crippen molar-refractivity contribution in [3.8, 4) is 27.9 Å². The molecule has 0 fully saturated rings. The van der Waals surface area contributed by atoms with Gasteiger partial charge in [0, 0.05) is 60.2 Å². The van der Waals surface area contributed by atoms with E-state index in [9.17, 15) is 0 Å². The summed E-state index contributed by atoms with van der Waals surface area (Å²) in [4.78, 5) is 9.97. The Morgan fingerprint density at radius 1 is 0.400 bits per heavy atom. The van der Waals surface area contributed by atoms with Crippen LogP contribution >= 0.6 is 11.3 Å². The number of para-hydroxylation sites is 1. The monoisotopic (exact) mass is 653 g/mol. The summed E-state index contributed by atoms with van der Waals surface area (Å²) in [5.41, 5.74) is 9.77. The zero-order chi connectivity index (χ0) is 32.8. The second-order valence-corrected chi connectivity index (χ2v) is 14.1. The predicted octanol–water partition coefficient (Wildman–Crippen LogP) is 12.7.